The zero-order valence-electron chi connectivity index (χ0n) is 16.6. The zero-order chi connectivity index (χ0) is 32.3. The average molecular weight is 636 g/mol. The maximum absolute atomic E-state index is 13.4. The molecule has 24 heteroatoms. The third kappa shape index (κ3) is 5.18. The van der Waals surface area contributed by atoms with E-state index in [1.165, 1.54) is 0 Å². The van der Waals surface area contributed by atoms with Gasteiger partial charge in [-0.25, -0.2) is 0 Å². The van der Waals surface area contributed by atoms with Crippen LogP contribution in [0.4, 0.5) is 105 Å². The van der Waals surface area contributed by atoms with Crippen LogP contribution in [-0.2, 0) is 0 Å². The van der Waals surface area contributed by atoms with Gasteiger partial charge in [0.05, 0.1) is 0 Å². The Hall–Kier alpha value is -2.56. The van der Waals surface area contributed by atoms with Gasteiger partial charge < -0.3 is 0 Å². The molecule has 0 fully saturated rings. The van der Waals surface area contributed by atoms with Gasteiger partial charge in [-0.1, -0.05) is 0 Å². The highest BCUT2D eigenvalue weighted by Gasteiger charge is 2.95. The monoisotopic (exact) mass is 636 g/mol. The molecule has 0 nitrogen and oxygen atoms in total. The van der Waals surface area contributed by atoms with Crippen molar-refractivity contribution in [3.8, 4) is 23.7 Å². The summed E-state index contributed by atoms with van der Waals surface area (Å²) in [5.74, 6) is -75.3. The van der Waals surface area contributed by atoms with Gasteiger partial charge in [0.2, 0.25) is 0 Å². The molecule has 0 atom stereocenters. The van der Waals surface area contributed by atoms with E-state index in [2.05, 4.69) is 0 Å². The van der Waals surface area contributed by atoms with E-state index in [0.29, 0.717) is 0 Å². The highest BCUT2D eigenvalue weighted by atomic mass is 19.4. The lowest BCUT2D eigenvalue weighted by atomic mass is 9.89. The first-order valence-electron chi connectivity index (χ1n) is 8.04. The standard InChI is InChI=1S/C15F24/c16-5(17,3-1-2-4-6(18,19)8(22,23)14(34,35)36)7(20,21)9(24,25)10(26,27)11(28,29)12(30,31)13(32,33)15(37,38)39. The minimum atomic E-state index is -8.97. The second kappa shape index (κ2) is 9.24. The molecule has 0 rings (SSSR count). The lowest BCUT2D eigenvalue weighted by Crippen LogP contribution is -2.74. The number of halogens is 24. The molecule has 0 aliphatic heterocycles. The summed E-state index contributed by atoms with van der Waals surface area (Å²) in [4.78, 5) is 0. The van der Waals surface area contributed by atoms with Crippen molar-refractivity contribution in [2.75, 3.05) is 0 Å². The fraction of sp³-hybridized carbons (Fsp3) is 0.733. The molecule has 39 heavy (non-hydrogen) atoms. The number of hydrogen-bond donors (Lipinski definition) is 0. The third-order valence-corrected chi connectivity index (χ3v) is 3.97. The van der Waals surface area contributed by atoms with Crippen LogP contribution in [0.5, 0.6) is 0 Å². The largest absolute Gasteiger partial charge is 0.461 e. The Labute approximate surface area is 196 Å². The SMILES string of the molecule is FC(F)(F)C(F)(F)C(F)(F)C#CC#CC(F)(F)C(F)(F)C(F)(F)C(F)(F)C(F)(F)C(F)(F)C(F)(F)C(F)(F)F. The highest BCUT2D eigenvalue weighted by Crippen LogP contribution is 2.63. The Balaban J connectivity index is 6.75. The summed E-state index contributed by atoms with van der Waals surface area (Å²) in [6.45, 7) is 0. The van der Waals surface area contributed by atoms with Gasteiger partial charge in [-0.15, -0.1) is 0 Å². The number of alkyl halides is 24. The first-order chi connectivity index (χ1) is 16.5. The molecule has 0 aliphatic rings. The molecule has 0 unspecified atom stereocenters. The summed E-state index contributed by atoms with van der Waals surface area (Å²) in [6, 6.07) is 0. The smallest absolute Gasteiger partial charge is 0.192 e. The molecule has 0 aliphatic carbocycles. The van der Waals surface area contributed by atoms with Crippen molar-refractivity contribution in [2.45, 2.75) is 65.7 Å². The van der Waals surface area contributed by atoms with Crippen LogP contribution in [0.25, 0.3) is 0 Å². The Morgan fingerprint density at radius 1 is 0.231 bits per heavy atom. The van der Waals surface area contributed by atoms with Crippen LogP contribution in [0.2, 0.25) is 0 Å². The van der Waals surface area contributed by atoms with Crippen molar-refractivity contribution < 1.29 is 105 Å². The van der Waals surface area contributed by atoms with Gasteiger partial charge in [-0.2, -0.15) is 105 Å². The van der Waals surface area contributed by atoms with Crippen LogP contribution in [0, 0.1) is 23.7 Å². The Bertz CT molecular complexity index is 1030. The van der Waals surface area contributed by atoms with Crippen molar-refractivity contribution in [2.24, 2.45) is 0 Å². The number of hydrogen-bond acceptors (Lipinski definition) is 0. The van der Waals surface area contributed by atoms with E-state index in [4.69, 9.17) is 0 Å². The molecule has 0 N–H and O–H groups in total. The predicted octanol–water partition coefficient (Wildman–Crippen LogP) is 7.84. The third-order valence-electron chi connectivity index (χ3n) is 3.97. The highest BCUT2D eigenvalue weighted by molar-refractivity contribution is 5.34. The summed E-state index contributed by atoms with van der Waals surface area (Å²) in [7, 11) is 0. The van der Waals surface area contributed by atoms with Gasteiger partial charge in [-0.05, 0) is 23.7 Å². The zero-order valence-corrected chi connectivity index (χ0v) is 16.6. The van der Waals surface area contributed by atoms with Crippen molar-refractivity contribution in [1.82, 2.24) is 0 Å². The van der Waals surface area contributed by atoms with Crippen LogP contribution in [0.1, 0.15) is 0 Å². The molecule has 0 aromatic rings. The molecule has 0 spiro atoms. The van der Waals surface area contributed by atoms with Crippen LogP contribution in [-0.4, -0.2) is 65.7 Å². The van der Waals surface area contributed by atoms with Gasteiger partial charge in [0.1, 0.15) is 0 Å². The minimum Gasteiger partial charge on any atom is -0.192 e. The fourth-order valence-electron chi connectivity index (χ4n) is 1.72. The second-order valence-electron chi connectivity index (χ2n) is 6.67. The summed E-state index contributed by atoms with van der Waals surface area (Å²) in [6.07, 6.45) is -15.1. The van der Waals surface area contributed by atoms with Gasteiger partial charge in [0, 0.05) is 0 Å². The van der Waals surface area contributed by atoms with Crippen LogP contribution < -0.4 is 0 Å². The molecular weight excluding hydrogens is 636 g/mol. The predicted molar refractivity (Wildman–Crippen MR) is 72.2 cm³/mol. The van der Waals surface area contributed by atoms with Crippen LogP contribution in [0.15, 0.2) is 0 Å². The van der Waals surface area contributed by atoms with Crippen molar-refractivity contribution in [3.05, 3.63) is 0 Å². The van der Waals surface area contributed by atoms with E-state index >= 15 is 0 Å². The van der Waals surface area contributed by atoms with Gasteiger partial charge in [0.25, 0.3) is 0 Å². The van der Waals surface area contributed by atoms with Crippen molar-refractivity contribution in [3.63, 3.8) is 0 Å². The molecule has 228 valence electrons. The Kier molecular flexibility index (Phi) is 8.64. The van der Waals surface area contributed by atoms with E-state index in [0.717, 1.165) is 0 Å². The molecule has 0 aromatic carbocycles. The van der Waals surface area contributed by atoms with E-state index in [1.807, 2.05) is 0 Å². The first-order valence-corrected chi connectivity index (χ1v) is 8.04. The normalized spacial score (nSPS) is 15.8. The lowest BCUT2D eigenvalue weighted by Gasteiger charge is -2.42. The lowest BCUT2D eigenvalue weighted by molar-refractivity contribution is -0.459. The average Bonchev–Trinajstić information content (AvgIpc) is 2.68. The van der Waals surface area contributed by atoms with Gasteiger partial charge in [0.15, 0.2) is 0 Å². The van der Waals surface area contributed by atoms with E-state index in [9.17, 15) is 105 Å². The molecule has 0 saturated heterocycles. The Morgan fingerprint density at radius 2 is 0.436 bits per heavy atom. The fourth-order valence-corrected chi connectivity index (χ4v) is 1.72. The number of rotatable bonds is 7. The maximum atomic E-state index is 13.4. The summed E-state index contributed by atoms with van der Waals surface area (Å²) in [5, 5.41) is 0. The Morgan fingerprint density at radius 3 is 0.692 bits per heavy atom. The maximum Gasteiger partial charge on any atom is 0.461 e. The molecule has 0 radical (unpaired) electrons. The summed E-state index contributed by atoms with van der Waals surface area (Å²) >= 11 is 0. The van der Waals surface area contributed by atoms with E-state index in [1.54, 1.807) is 0 Å². The quantitative estimate of drug-likeness (QED) is 0.198. The van der Waals surface area contributed by atoms with Crippen molar-refractivity contribution in [1.29, 1.82) is 0 Å². The first kappa shape index (κ1) is 36.4. The molecule has 0 heterocycles. The van der Waals surface area contributed by atoms with Crippen molar-refractivity contribution >= 4 is 0 Å². The molecular formula is C15F24. The molecule has 0 bridgehead atoms. The molecule has 0 amide bonds. The van der Waals surface area contributed by atoms with E-state index in [-0.39, 0.29) is 11.8 Å². The molecule has 0 saturated carbocycles. The summed E-state index contributed by atoms with van der Waals surface area (Å²) < 4.78 is 306. The molecule has 0 aromatic heterocycles. The topological polar surface area (TPSA) is 0 Å². The van der Waals surface area contributed by atoms with Crippen LogP contribution >= 0.6 is 0 Å². The summed E-state index contributed by atoms with van der Waals surface area (Å²) in [5.41, 5.74) is 0. The van der Waals surface area contributed by atoms with Gasteiger partial charge in [-0.3, -0.25) is 0 Å². The van der Waals surface area contributed by atoms with Crippen LogP contribution in [0.3, 0.4) is 0 Å². The minimum absolute atomic E-state index is 0.166. The van der Waals surface area contributed by atoms with E-state index < -0.39 is 77.5 Å². The van der Waals surface area contributed by atoms with Gasteiger partial charge >= 0.3 is 65.7 Å². The second-order valence-corrected chi connectivity index (χ2v) is 6.67.